The molecule has 0 atom stereocenters. The molecule has 0 radical (unpaired) electrons. The van der Waals surface area contributed by atoms with Gasteiger partial charge in [0.25, 0.3) is 5.91 Å². The zero-order chi connectivity index (χ0) is 18.0. The van der Waals surface area contributed by atoms with Gasteiger partial charge in [0.15, 0.2) is 10.8 Å². The molecule has 9 heteroatoms. The van der Waals surface area contributed by atoms with E-state index in [2.05, 4.69) is 20.5 Å². The van der Waals surface area contributed by atoms with E-state index in [-0.39, 0.29) is 5.13 Å². The highest BCUT2D eigenvalue weighted by molar-refractivity contribution is 7.14. The predicted molar refractivity (Wildman–Crippen MR) is 91.3 cm³/mol. The van der Waals surface area contributed by atoms with Crippen molar-refractivity contribution in [3.8, 4) is 0 Å². The van der Waals surface area contributed by atoms with Crippen molar-refractivity contribution in [1.82, 2.24) is 10.3 Å². The fourth-order valence-corrected chi connectivity index (χ4v) is 3.34. The number of hydrogen-bond acceptors (Lipinski definition) is 5. The third-order valence-corrected chi connectivity index (χ3v) is 4.58. The number of anilines is 2. The molecule has 3 rings (SSSR count). The summed E-state index contributed by atoms with van der Waals surface area (Å²) in [6.45, 7) is 5.30. The van der Waals surface area contributed by atoms with Crippen LogP contribution >= 0.6 is 11.3 Å². The number of nitrogens with one attached hydrogen (secondary N) is 2. The molecule has 25 heavy (non-hydrogen) atoms. The lowest BCUT2D eigenvalue weighted by molar-refractivity contribution is -0.140. The van der Waals surface area contributed by atoms with Crippen LogP contribution in [0, 0.1) is 6.92 Å². The highest BCUT2D eigenvalue weighted by atomic mass is 32.1. The molecule has 2 N–H and O–H groups in total. The van der Waals surface area contributed by atoms with Crippen molar-refractivity contribution in [2.24, 2.45) is 0 Å². The van der Waals surface area contributed by atoms with Crippen LogP contribution in [0.15, 0.2) is 23.6 Å². The number of amides is 1. The van der Waals surface area contributed by atoms with Crippen LogP contribution < -0.4 is 15.5 Å². The number of nitrogens with zero attached hydrogens (tertiary/aromatic N) is 2. The summed E-state index contributed by atoms with van der Waals surface area (Å²) in [6, 6.07) is 5.46. The number of hydrogen-bond donors (Lipinski definition) is 2. The van der Waals surface area contributed by atoms with Gasteiger partial charge in [-0.1, -0.05) is 0 Å². The summed E-state index contributed by atoms with van der Waals surface area (Å²) >= 11 is 0.754. The standard InChI is InChI=1S/C16H17F3N4OS/c1-10-6-11(8-12(7-10)23-4-2-20-3-5-23)14(24)22-15-21-13(9-25-15)16(17,18)19/h6-9,20H,2-5H2,1H3,(H,21,22,24). The smallest absolute Gasteiger partial charge is 0.369 e. The van der Waals surface area contributed by atoms with E-state index in [1.165, 1.54) is 0 Å². The number of rotatable bonds is 3. The van der Waals surface area contributed by atoms with Gasteiger partial charge in [-0.05, 0) is 30.7 Å². The molecule has 1 aliphatic heterocycles. The normalized spacial score (nSPS) is 15.3. The molecule has 1 saturated heterocycles. The zero-order valence-corrected chi connectivity index (χ0v) is 14.3. The Morgan fingerprint density at radius 1 is 1.28 bits per heavy atom. The zero-order valence-electron chi connectivity index (χ0n) is 13.5. The number of aryl methyl sites for hydroxylation is 1. The number of aromatic nitrogens is 1. The molecule has 1 fully saturated rings. The van der Waals surface area contributed by atoms with Gasteiger partial charge in [-0.15, -0.1) is 11.3 Å². The molecule has 1 amide bonds. The van der Waals surface area contributed by atoms with E-state index in [4.69, 9.17) is 0 Å². The first-order valence-electron chi connectivity index (χ1n) is 7.74. The van der Waals surface area contributed by atoms with Crippen molar-refractivity contribution in [2.45, 2.75) is 13.1 Å². The summed E-state index contributed by atoms with van der Waals surface area (Å²) in [7, 11) is 0. The molecule has 0 spiro atoms. The van der Waals surface area contributed by atoms with Crippen molar-refractivity contribution in [1.29, 1.82) is 0 Å². The Balaban J connectivity index is 1.77. The molecule has 5 nitrogen and oxygen atoms in total. The molecular formula is C16H17F3N4OS. The van der Waals surface area contributed by atoms with Gasteiger partial charge in [0.2, 0.25) is 0 Å². The maximum atomic E-state index is 12.6. The van der Waals surface area contributed by atoms with Crippen LogP contribution in [-0.4, -0.2) is 37.1 Å². The van der Waals surface area contributed by atoms with E-state index in [1.807, 2.05) is 13.0 Å². The molecule has 0 saturated carbocycles. The monoisotopic (exact) mass is 370 g/mol. The lowest BCUT2D eigenvalue weighted by atomic mass is 10.1. The molecule has 2 heterocycles. The molecule has 1 aliphatic rings. The summed E-state index contributed by atoms with van der Waals surface area (Å²) < 4.78 is 37.8. The maximum Gasteiger partial charge on any atom is 0.434 e. The summed E-state index contributed by atoms with van der Waals surface area (Å²) in [5, 5.41) is 6.53. The van der Waals surface area contributed by atoms with Crippen LogP contribution in [-0.2, 0) is 6.18 Å². The minimum atomic E-state index is -4.52. The summed E-state index contributed by atoms with van der Waals surface area (Å²) in [5.41, 5.74) is 1.24. The van der Waals surface area contributed by atoms with Gasteiger partial charge in [0.05, 0.1) is 0 Å². The van der Waals surface area contributed by atoms with Crippen molar-refractivity contribution in [3.63, 3.8) is 0 Å². The second-order valence-corrected chi connectivity index (χ2v) is 6.64. The molecule has 0 bridgehead atoms. The number of halogens is 3. The molecular weight excluding hydrogens is 353 g/mol. The Hall–Kier alpha value is -2.13. The molecule has 134 valence electrons. The number of thiazole rings is 1. The number of alkyl halides is 3. The summed E-state index contributed by atoms with van der Waals surface area (Å²) in [4.78, 5) is 18.0. The minimum absolute atomic E-state index is 0.0671. The van der Waals surface area contributed by atoms with E-state index in [1.54, 1.807) is 12.1 Å². The van der Waals surface area contributed by atoms with Gasteiger partial charge in [0, 0.05) is 42.8 Å². The Morgan fingerprint density at radius 2 is 2.00 bits per heavy atom. The van der Waals surface area contributed by atoms with Gasteiger partial charge in [-0.3, -0.25) is 10.1 Å². The largest absolute Gasteiger partial charge is 0.434 e. The van der Waals surface area contributed by atoms with Crippen LogP contribution in [0.3, 0.4) is 0 Å². The fourth-order valence-electron chi connectivity index (χ4n) is 2.63. The molecule has 2 aromatic rings. The van der Waals surface area contributed by atoms with E-state index in [0.29, 0.717) is 5.56 Å². The molecule has 1 aromatic carbocycles. The lowest BCUT2D eigenvalue weighted by Crippen LogP contribution is -2.43. The van der Waals surface area contributed by atoms with E-state index in [0.717, 1.165) is 54.1 Å². The van der Waals surface area contributed by atoms with Crippen molar-refractivity contribution < 1.29 is 18.0 Å². The van der Waals surface area contributed by atoms with Crippen molar-refractivity contribution in [3.05, 3.63) is 40.4 Å². The quantitative estimate of drug-likeness (QED) is 0.872. The van der Waals surface area contributed by atoms with Gasteiger partial charge in [0.1, 0.15) is 0 Å². The molecule has 1 aromatic heterocycles. The van der Waals surface area contributed by atoms with E-state index >= 15 is 0 Å². The van der Waals surface area contributed by atoms with Crippen molar-refractivity contribution in [2.75, 3.05) is 36.4 Å². The van der Waals surface area contributed by atoms with Crippen LogP contribution in [0.1, 0.15) is 21.6 Å². The number of benzene rings is 1. The van der Waals surface area contributed by atoms with Gasteiger partial charge in [-0.25, -0.2) is 4.98 Å². The average Bonchev–Trinajstić information content (AvgIpc) is 3.04. The topological polar surface area (TPSA) is 57.3 Å². The predicted octanol–water partition coefficient (Wildman–Crippen LogP) is 3.13. The van der Waals surface area contributed by atoms with Crippen LogP contribution in [0.2, 0.25) is 0 Å². The highest BCUT2D eigenvalue weighted by Gasteiger charge is 2.34. The van der Waals surface area contributed by atoms with Crippen LogP contribution in [0.5, 0.6) is 0 Å². The van der Waals surface area contributed by atoms with Crippen LogP contribution in [0.25, 0.3) is 0 Å². The first kappa shape index (κ1) is 17.7. The SMILES string of the molecule is Cc1cc(C(=O)Nc2nc(C(F)(F)F)cs2)cc(N2CCNCC2)c1. The summed E-state index contributed by atoms with van der Waals surface area (Å²) in [5.74, 6) is -0.469. The summed E-state index contributed by atoms with van der Waals surface area (Å²) in [6.07, 6.45) is -4.52. The Kier molecular flexibility index (Phi) is 4.96. The van der Waals surface area contributed by atoms with Crippen LogP contribution in [0.4, 0.5) is 24.0 Å². The van der Waals surface area contributed by atoms with E-state index in [9.17, 15) is 18.0 Å². The van der Waals surface area contributed by atoms with Crippen molar-refractivity contribution >= 4 is 28.1 Å². The first-order chi connectivity index (χ1) is 11.8. The second kappa shape index (κ2) is 7.01. The minimum Gasteiger partial charge on any atom is -0.369 e. The van der Waals surface area contributed by atoms with E-state index < -0.39 is 17.8 Å². The Bertz CT molecular complexity index is 769. The number of carbonyl (C=O) groups excluding carboxylic acids is 1. The highest BCUT2D eigenvalue weighted by Crippen LogP contribution is 2.31. The Labute approximate surface area is 146 Å². The average molecular weight is 370 g/mol. The number of carbonyl (C=O) groups is 1. The fraction of sp³-hybridized carbons (Fsp3) is 0.375. The van der Waals surface area contributed by atoms with Gasteiger partial charge in [-0.2, -0.15) is 13.2 Å². The first-order valence-corrected chi connectivity index (χ1v) is 8.62. The number of piperazine rings is 1. The third kappa shape index (κ3) is 4.29. The van der Waals surface area contributed by atoms with Gasteiger partial charge >= 0.3 is 6.18 Å². The van der Waals surface area contributed by atoms with Gasteiger partial charge < -0.3 is 10.2 Å². The molecule has 0 aliphatic carbocycles. The lowest BCUT2D eigenvalue weighted by Gasteiger charge is -2.30. The molecule has 0 unspecified atom stereocenters. The maximum absolute atomic E-state index is 12.6. The third-order valence-electron chi connectivity index (χ3n) is 3.82. The Morgan fingerprint density at radius 3 is 2.64 bits per heavy atom. The second-order valence-electron chi connectivity index (χ2n) is 5.78.